The van der Waals surface area contributed by atoms with Crippen LogP contribution in [0.25, 0.3) is 0 Å². The van der Waals surface area contributed by atoms with Crippen LogP contribution in [-0.4, -0.2) is 19.6 Å². The Morgan fingerprint density at radius 1 is 1.28 bits per heavy atom. The molecule has 1 rings (SSSR count). The molecule has 0 bridgehead atoms. The highest BCUT2D eigenvalue weighted by Crippen LogP contribution is 2.24. The van der Waals surface area contributed by atoms with Crippen molar-refractivity contribution in [3.8, 4) is 5.75 Å². The van der Waals surface area contributed by atoms with Crippen LogP contribution in [0.5, 0.6) is 5.75 Å². The summed E-state index contributed by atoms with van der Waals surface area (Å²) >= 11 is 0. The van der Waals surface area contributed by atoms with Crippen molar-refractivity contribution in [3.63, 3.8) is 0 Å². The summed E-state index contributed by atoms with van der Waals surface area (Å²) in [6.07, 6.45) is 0. The third kappa shape index (κ3) is 3.76. The largest absolute Gasteiger partial charge is 0.497 e. The summed E-state index contributed by atoms with van der Waals surface area (Å²) in [6, 6.07) is 7.98. The van der Waals surface area contributed by atoms with E-state index in [1.165, 1.54) is 5.56 Å². The van der Waals surface area contributed by atoms with E-state index in [0.717, 1.165) is 5.75 Å². The lowest BCUT2D eigenvalue weighted by molar-refractivity contribution is -0.124. The van der Waals surface area contributed by atoms with Gasteiger partial charge in [0.05, 0.1) is 7.11 Å². The Kier molecular flexibility index (Phi) is 4.76. The third-order valence-electron chi connectivity index (χ3n) is 3.10. The van der Waals surface area contributed by atoms with Crippen LogP contribution < -0.4 is 10.1 Å². The molecule has 3 heteroatoms. The minimum absolute atomic E-state index is 0.0247. The zero-order valence-corrected chi connectivity index (χ0v) is 11.9. The molecule has 0 spiro atoms. The predicted molar refractivity (Wildman–Crippen MR) is 73.9 cm³/mol. The van der Waals surface area contributed by atoms with Crippen LogP contribution in [0.2, 0.25) is 0 Å². The molecule has 3 nitrogen and oxygen atoms in total. The summed E-state index contributed by atoms with van der Waals surface area (Å²) in [5.74, 6) is 0.967. The molecular formula is C15H23NO2. The molecule has 0 aromatic heterocycles. The fraction of sp³-hybridized carbons (Fsp3) is 0.533. The minimum atomic E-state index is -0.0865. The molecule has 0 radical (unpaired) electrons. The van der Waals surface area contributed by atoms with E-state index in [9.17, 15) is 4.79 Å². The number of amides is 1. The molecule has 0 fully saturated rings. The second kappa shape index (κ2) is 5.89. The Hall–Kier alpha value is -1.51. The van der Waals surface area contributed by atoms with Gasteiger partial charge in [-0.05, 0) is 17.7 Å². The highest BCUT2D eigenvalue weighted by Gasteiger charge is 2.21. The van der Waals surface area contributed by atoms with E-state index in [2.05, 4.69) is 19.2 Å². The van der Waals surface area contributed by atoms with E-state index in [1.807, 2.05) is 38.1 Å². The fourth-order valence-corrected chi connectivity index (χ4v) is 1.66. The van der Waals surface area contributed by atoms with Gasteiger partial charge in [-0.1, -0.05) is 39.8 Å². The second-order valence-electron chi connectivity index (χ2n) is 5.48. The molecular weight excluding hydrogens is 226 g/mol. The van der Waals surface area contributed by atoms with Crippen LogP contribution in [0, 0.1) is 5.92 Å². The first-order valence-corrected chi connectivity index (χ1v) is 6.29. The molecule has 0 saturated heterocycles. The Labute approximate surface area is 110 Å². The Morgan fingerprint density at radius 2 is 1.83 bits per heavy atom. The summed E-state index contributed by atoms with van der Waals surface area (Å²) < 4.78 is 5.14. The number of benzene rings is 1. The van der Waals surface area contributed by atoms with Gasteiger partial charge in [0.1, 0.15) is 5.75 Å². The zero-order chi connectivity index (χ0) is 13.8. The molecule has 1 N–H and O–H groups in total. The van der Waals surface area contributed by atoms with Crippen LogP contribution in [0.1, 0.15) is 33.3 Å². The number of ether oxygens (including phenoxy) is 1. The van der Waals surface area contributed by atoms with Gasteiger partial charge in [0.15, 0.2) is 0 Å². The van der Waals surface area contributed by atoms with Gasteiger partial charge in [0.25, 0.3) is 0 Å². The van der Waals surface area contributed by atoms with Crippen molar-refractivity contribution >= 4 is 5.91 Å². The van der Waals surface area contributed by atoms with Gasteiger partial charge in [0, 0.05) is 17.9 Å². The van der Waals surface area contributed by atoms with Crippen LogP contribution in [0.3, 0.4) is 0 Å². The van der Waals surface area contributed by atoms with E-state index in [0.29, 0.717) is 6.54 Å². The number of carbonyl (C=O) groups excluding carboxylic acids is 1. The minimum Gasteiger partial charge on any atom is -0.497 e. The number of hydrogen-bond acceptors (Lipinski definition) is 2. The molecule has 0 aliphatic heterocycles. The SMILES string of the molecule is COc1ccc(C(C)(C)CNC(=O)C(C)C)cc1. The Morgan fingerprint density at radius 3 is 2.28 bits per heavy atom. The van der Waals surface area contributed by atoms with Gasteiger partial charge in [-0.15, -0.1) is 0 Å². The monoisotopic (exact) mass is 249 g/mol. The first-order valence-electron chi connectivity index (χ1n) is 6.29. The molecule has 1 aromatic rings. The lowest BCUT2D eigenvalue weighted by atomic mass is 9.84. The van der Waals surface area contributed by atoms with Crippen molar-refractivity contribution in [1.82, 2.24) is 5.32 Å². The molecule has 0 atom stereocenters. The highest BCUT2D eigenvalue weighted by molar-refractivity contribution is 5.77. The molecule has 1 amide bonds. The van der Waals surface area contributed by atoms with Gasteiger partial charge in [-0.3, -0.25) is 4.79 Å². The summed E-state index contributed by atoms with van der Waals surface area (Å²) in [5, 5.41) is 2.98. The highest BCUT2D eigenvalue weighted by atomic mass is 16.5. The normalized spacial score (nSPS) is 11.4. The van der Waals surface area contributed by atoms with Crippen molar-refractivity contribution < 1.29 is 9.53 Å². The van der Waals surface area contributed by atoms with Crippen molar-refractivity contribution in [3.05, 3.63) is 29.8 Å². The van der Waals surface area contributed by atoms with Crippen LogP contribution in [0.4, 0.5) is 0 Å². The van der Waals surface area contributed by atoms with Gasteiger partial charge >= 0.3 is 0 Å². The quantitative estimate of drug-likeness (QED) is 0.871. The lowest BCUT2D eigenvalue weighted by Crippen LogP contribution is -2.38. The van der Waals surface area contributed by atoms with Crippen LogP contribution >= 0.6 is 0 Å². The van der Waals surface area contributed by atoms with E-state index in [4.69, 9.17) is 4.74 Å². The maximum atomic E-state index is 11.6. The van der Waals surface area contributed by atoms with Crippen molar-refractivity contribution in [2.75, 3.05) is 13.7 Å². The molecule has 18 heavy (non-hydrogen) atoms. The van der Waals surface area contributed by atoms with Crippen molar-refractivity contribution in [2.45, 2.75) is 33.1 Å². The topological polar surface area (TPSA) is 38.3 Å². The molecule has 0 aliphatic rings. The van der Waals surface area contributed by atoms with Crippen molar-refractivity contribution in [2.24, 2.45) is 5.92 Å². The van der Waals surface area contributed by atoms with Crippen molar-refractivity contribution in [1.29, 1.82) is 0 Å². The smallest absolute Gasteiger partial charge is 0.222 e. The Balaban J connectivity index is 2.69. The second-order valence-corrected chi connectivity index (χ2v) is 5.48. The Bertz CT molecular complexity index is 393. The summed E-state index contributed by atoms with van der Waals surface area (Å²) in [4.78, 5) is 11.6. The predicted octanol–water partition coefficient (Wildman–Crippen LogP) is 2.75. The number of hydrogen-bond donors (Lipinski definition) is 1. The standard InChI is InChI=1S/C15H23NO2/c1-11(2)14(17)16-10-15(3,4)12-6-8-13(18-5)9-7-12/h6-9,11H,10H2,1-5H3,(H,16,17). The first kappa shape index (κ1) is 14.6. The summed E-state index contributed by atoms with van der Waals surface area (Å²) in [7, 11) is 1.66. The molecule has 0 unspecified atom stereocenters. The van der Waals surface area contributed by atoms with Gasteiger partial charge in [-0.2, -0.15) is 0 Å². The molecule has 0 aliphatic carbocycles. The van der Waals surface area contributed by atoms with E-state index < -0.39 is 0 Å². The summed E-state index contributed by atoms with van der Waals surface area (Å²) in [5.41, 5.74) is 1.10. The number of rotatable bonds is 5. The van der Waals surface area contributed by atoms with Gasteiger partial charge in [-0.25, -0.2) is 0 Å². The molecule has 100 valence electrons. The van der Waals surface area contributed by atoms with Gasteiger partial charge < -0.3 is 10.1 Å². The summed E-state index contributed by atoms with van der Waals surface area (Å²) in [6.45, 7) is 8.67. The van der Waals surface area contributed by atoms with E-state index in [-0.39, 0.29) is 17.2 Å². The third-order valence-corrected chi connectivity index (χ3v) is 3.10. The molecule has 1 aromatic carbocycles. The van der Waals surface area contributed by atoms with Gasteiger partial charge in [0.2, 0.25) is 5.91 Å². The van der Waals surface area contributed by atoms with E-state index in [1.54, 1.807) is 7.11 Å². The zero-order valence-electron chi connectivity index (χ0n) is 11.9. The average Bonchev–Trinajstić information content (AvgIpc) is 2.36. The van der Waals surface area contributed by atoms with Crippen LogP contribution in [0.15, 0.2) is 24.3 Å². The average molecular weight is 249 g/mol. The van der Waals surface area contributed by atoms with Crippen LogP contribution in [-0.2, 0) is 10.2 Å². The molecule has 0 heterocycles. The first-order chi connectivity index (χ1) is 8.36. The number of carbonyl (C=O) groups is 1. The maximum Gasteiger partial charge on any atom is 0.222 e. The fourth-order valence-electron chi connectivity index (χ4n) is 1.66. The number of methoxy groups -OCH3 is 1. The number of nitrogens with one attached hydrogen (secondary N) is 1. The maximum absolute atomic E-state index is 11.6. The van der Waals surface area contributed by atoms with E-state index >= 15 is 0 Å². The molecule has 0 saturated carbocycles. The lowest BCUT2D eigenvalue weighted by Gasteiger charge is -2.26.